The fourth-order valence-corrected chi connectivity index (χ4v) is 9.13. The highest BCUT2D eigenvalue weighted by Crippen LogP contribution is 2.16. The highest BCUT2D eigenvalue weighted by atomic mass is 16.6. The summed E-state index contributed by atoms with van der Waals surface area (Å²) >= 11 is 0. The Kier molecular flexibility index (Phi) is 59.7. The maximum absolute atomic E-state index is 12.9. The highest BCUT2D eigenvalue weighted by Gasteiger charge is 2.19. The Morgan fingerprint density at radius 1 is 0.284 bits per heavy atom. The molecule has 0 radical (unpaired) electrons. The second kappa shape index (κ2) is 62.4. The minimum Gasteiger partial charge on any atom is -0.462 e. The van der Waals surface area contributed by atoms with Gasteiger partial charge in [-0.25, -0.2) is 0 Å². The molecule has 0 saturated carbocycles. The van der Waals surface area contributed by atoms with Crippen molar-refractivity contribution in [2.75, 3.05) is 13.2 Å². The van der Waals surface area contributed by atoms with Gasteiger partial charge in [0.05, 0.1) is 0 Å². The van der Waals surface area contributed by atoms with Crippen molar-refractivity contribution in [2.45, 2.75) is 329 Å². The van der Waals surface area contributed by atoms with Gasteiger partial charge in [0.15, 0.2) is 6.10 Å². The number of hydrogen-bond acceptors (Lipinski definition) is 6. The summed E-state index contributed by atoms with van der Waals surface area (Å²) in [5.41, 5.74) is 0. The van der Waals surface area contributed by atoms with Crippen molar-refractivity contribution in [3.05, 3.63) is 72.9 Å². The molecule has 0 aromatic rings. The van der Waals surface area contributed by atoms with E-state index < -0.39 is 6.10 Å². The summed E-state index contributed by atoms with van der Waals surface area (Å²) in [7, 11) is 0. The summed E-state index contributed by atoms with van der Waals surface area (Å²) in [5.74, 6) is -0.924. The summed E-state index contributed by atoms with van der Waals surface area (Å²) < 4.78 is 16.9. The molecule has 0 aromatic heterocycles. The molecule has 0 aliphatic carbocycles. The second-order valence-electron chi connectivity index (χ2n) is 21.3. The van der Waals surface area contributed by atoms with Gasteiger partial charge >= 0.3 is 17.9 Å². The van der Waals surface area contributed by atoms with Crippen molar-refractivity contribution in [2.24, 2.45) is 0 Å². The molecule has 0 aliphatic heterocycles. The van der Waals surface area contributed by atoms with Crippen molar-refractivity contribution in [3.8, 4) is 0 Å². The monoisotopic (exact) mass is 1030 g/mol. The zero-order valence-corrected chi connectivity index (χ0v) is 49.1. The third kappa shape index (κ3) is 59.7. The Balaban J connectivity index is 4.36. The Hall–Kier alpha value is -3.15. The Morgan fingerprint density at radius 2 is 0.527 bits per heavy atom. The summed E-state index contributed by atoms with van der Waals surface area (Å²) in [6, 6.07) is 0. The van der Waals surface area contributed by atoms with E-state index in [1.807, 2.05) is 0 Å². The van der Waals surface area contributed by atoms with Gasteiger partial charge in [0, 0.05) is 19.3 Å². The van der Waals surface area contributed by atoms with Gasteiger partial charge in [0.2, 0.25) is 0 Å². The van der Waals surface area contributed by atoms with Crippen molar-refractivity contribution in [3.63, 3.8) is 0 Å². The van der Waals surface area contributed by atoms with Gasteiger partial charge in [-0.2, -0.15) is 0 Å². The topological polar surface area (TPSA) is 78.9 Å². The average Bonchev–Trinajstić information content (AvgIpc) is 3.40. The fourth-order valence-electron chi connectivity index (χ4n) is 9.13. The number of ether oxygens (including phenoxy) is 3. The predicted molar refractivity (Wildman–Crippen MR) is 321 cm³/mol. The molecule has 6 nitrogen and oxygen atoms in total. The fraction of sp³-hybridized carbons (Fsp3) is 0.779. The molecule has 1 unspecified atom stereocenters. The van der Waals surface area contributed by atoms with Gasteiger partial charge in [-0.3, -0.25) is 14.4 Å². The Bertz CT molecular complexity index is 1370. The van der Waals surface area contributed by atoms with Crippen LogP contribution in [0.3, 0.4) is 0 Å². The van der Waals surface area contributed by atoms with Crippen LogP contribution in [0, 0.1) is 0 Å². The zero-order chi connectivity index (χ0) is 53.6. The van der Waals surface area contributed by atoms with Crippen molar-refractivity contribution in [1.82, 2.24) is 0 Å². The molecular formula is C68H120O6. The van der Waals surface area contributed by atoms with Crippen molar-refractivity contribution < 1.29 is 28.6 Å². The van der Waals surface area contributed by atoms with E-state index in [-0.39, 0.29) is 31.1 Å². The largest absolute Gasteiger partial charge is 0.462 e. The lowest BCUT2D eigenvalue weighted by molar-refractivity contribution is -0.167. The molecule has 0 aliphatic rings. The molecule has 0 rings (SSSR count). The normalized spacial score (nSPS) is 12.5. The highest BCUT2D eigenvalue weighted by molar-refractivity contribution is 5.71. The van der Waals surface area contributed by atoms with E-state index in [2.05, 4.69) is 93.7 Å². The van der Waals surface area contributed by atoms with Gasteiger partial charge in [-0.1, -0.05) is 267 Å². The van der Waals surface area contributed by atoms with Crippen LogP contribution in [0.15, 0.2) is 72.9 Å². The van der Waals surface area contributed by atoms with E-state index >= 15 is 0 Å². The van der Waals surface area contributed by atoms with Crippen LogP contribution in [0.1, 0.15) is 323 Å². The first kappa shape index (κ1) is 70.8. The summed E-state index contributed by atoms with van der Waals surface area (Å²) in [5, 5.41) is 0. The Morgan fingerprint density at radius 3 is 0.865 bits per heavy atom. The minimum absolute atomic E-state index is 0.0892. The molecule has 6 heteroatoms. The van der Waals surface area contributed by atoms with Crippen LogP contribution < -0.4 is 0 Å². The molecule has 0 saturated heterocycles. The lowest BCUT2D eigenvalue weighted by atomic mass is 10.0. The van der Waals surface area contributed by atoms with Gasteiger partial charge in [0.25, 0.3) is 0 Å². The lowest BCUT2D eigenvalue weighted by Crippen LogP contribution is -2.30. The number of carbonyl (C=O) groups is 3. The zero-order valence-electron chi connectivity index (χ0n) is 49.1. The maximum atomic E-state index is 12.9. The van der Waals surface area contributed by atoms with Crippen LogP contribution in [0.25, 0.3) is 0 Å². The van der Waals surface area contributed by atoms with E-state index in [0.717, 1.165) is 83.5 Å². The lowest BCUT2D eigenvalue weighted by Gasteiger charge is -2.18. The number of esters is 3. The van der Waals surface area contributed by atoms with E-state index in [1.54, 1.807) is 0 Å². The van der Waals surface area contributed by atoms with Crippen LogP contribution in [-0.4, -0.2) is 37.2 Å². The van der Waals surface area contributed by atoms with Crippen LogP contribution in [0.4, 0.5) is 0 Å². The molecule has 0 aromatic carbocycles. The summed E-state index contributed by atoms with van der Waals surface area (Å²) in [4.78, 5) is 38.3. The van der Waals surface area contributed by atoms with Crippen molar-refractivity contribution in [1.29, 1.82) is 0 Å². The van der Waals surface area contributed by atoms with Gasteiger partial charge in [0.1, 0.15) is 13.2 Å². The van der Waals surface area contributed by atoms with Crippen LogP contribution in [0.2, 0.25) is 0 Å². The quantitative estimate of drug-likeness (QED) is 0.0261. The average molecular weight is 1030 g/mol. The standard InChI is InChI=1S/C68H120O6/c1-4-7-10-13-16-19-22-25-28-30-32-33-34-35-36-38-40-43-46-49-52-55-58-61-67(70)73-64-65(63-72-66(69)60-57-54-51-48-45-42-39-27-24-21-18-15-12-9-6-3)74-68(71)62-59-56-53-50-47-44-41-37-31-29-26-23-20-17-14-11-8-5-2/h9,12,18,21,27,29-32,39,45,48,65H,4-8,10-11,13-17,19-20,22-26,28,33-38,40-44,46-47,49-64H2,1-3H3/b12-9-,21-18-,31-29-,32-30-,39-27-,48-45-. The first-order valence-corrected chi connectivity index (χ1v) is 31.9. The van der Waals surface area contributed by atoms with Crippen molar-refractivity contribution >= 4 is 17.9 Å². The number of carbonyl (C=O) groups excluding carboxylic acids is 3. The third-order valence-corrected chi connectivity index (χ3v) is 13.9. The molecule has 428 valence electrons. The van der Waals surface area contributed by atoms with Crippen LogP contribution in [0.5, 0.6) is 0 Å². The molecular weight excluding hydrogens is 913 g/mol. The predicted octanol–water partition coefficient (Wildman–Crippen LogP) is 21.7. The SMILES string of the molecule is CC/C=C\C/C=C\C/C=C\C/C=C\CCCCC(=O)OCC(COC(=O)CCCCCCCCCCCCC/C=C\CCCCCCCCCC)OC(=O)CCCCCCCCC/C=C\CCCCCCCCC. The number of hydrogen-bond donors (Lipinski definition) is 0. The molecule has 0 fully saturated rings. The molecule has 74 heavy (non-hydrogen) atoms. The molecule has 0 N–H and O–H groups in total. The minimum atomic E-state index is -0.796. The van der Waals surface area contributed by atoms with Gasteiger partial charge in [-0.05, 0) is 109 Å². The van der Waals surface area contributed by atoms with E-state index in [9.17, 15) is 14.4 Å². The summed E-state index contributed by atoms with van der Waals surface area (Å²) in [6.45, 7) is 6.52. The summed E-state index contributed by atoms with van der Waals surface area (Å²) in [6.07, 6.45) is 80.6. The van der Waals surface area contributed by atoms with Gasteiger partial charge < -0.3 is 14.2 Å². The van der Waals surface area contributed by atoms with Gasteiger partial charge in [-0.15, -0.1) is 0 Å². The maximum Gasteiger partial charge on any atom is 0.306 e. The second-order valence-corrected chi connectivity index (χ2v) is 21.3. The molecule has 0 amide bonds. The van der Waals surface area contributed by atoms with Crippen LogP contribution >= 0.6 is 0 Å². The van der Waals surface area contributed by atoms with Crippen LogP contribution in [-0.2, 0) is 28.6 Å². The van der Waals surface area contributed by atoms with E-state index in [4.69, 9.17) is 14.2 Å². The molecule has 0 heterocycles. The van der Waals surface area contributed by atoms with E-state index in [1.165, 1.54) is 199 Å². The Labute approximate surface area is 459 Å². The number of unbranched alkanes of at least 4 members (excludes halogenated alkanes) is 35. The first-order chi connectivity index (χ1) is 36.5. The smallest absolute Gasteiger partial charge is 0.306 e. The number of rotatable bonds is 58. The molecule has 1 atom stereocenters. The molecule has 0 spiro atoms. The first-order valence-electron chi connectivity index (χ1n) is 31.9. The third-order valence-electron chi connectivity index (χ3n) is 13.9. The molecule has 0 bridgehead atoms. The van der Waals surface area contributed by atoms with E-state index in [0.29, 0.717) is 19.3 Å². The number of allylic oxidation sites excluding steroid dienone is 12.